The Bertz CT molecular complexity index is 687. The van der Waals surface area contributed by atoms with Crippen molar-refractivity contribution in [3.8, 4) is 5.75 Å². The quantitative estimate of drug-likeness (QED) is 0.689. The smallest absolute Gasteiger partial charge is 0.276 e. The second-order valence-electron chi connectivity index (χ2n) is 4.93. The van der Waals surface area contributed by atoms with Gasteiger partial charge in [0, 0.05) is 17.3 Å². The van der Waals surface area contributed by atoms with E-state index >= 15 is 0 Å². The first-order valence-corrected chi connectivity index (χ1v) is 8.07. The number of benzene rings is 1. The average Bonchev–Trinajstić information content (AvgIpc) is 2.98. The van der Waals surface area contributed by atoms with E-state index in [1.54, 1.807) is 31.2 Å². The fraction of sp³-hybridized carbons (Fsp3) is 0.333. The summed E-state index contributed by atoms with van der Waals surface area (Å²) in [7, 11) is 0. The topological polar surface area (TPSA) is 106 Å². The highest BCUT2D eigenvalue weighted by molar-refractivity contribution is 9.10. The molecule has 0 bridgehead atoms. The van der Waals surface area contributed by atoms with Crippen molar-refractivity contribution in [1.82, 2.24) is 21.0 Å². The SMILES string of the molecule is Cc1noc(CCCC(=O)NNC(=O)COc2ccc(Br)cc2)n1. The lowest BCUT2D eigenvalue weighted by Gasteiger charge is -2.08. The number of hydrogen-bond acceptors (Lipinski definition) is 6. The number of carbonyl (C=O) groups excluding carboxylic acids is 2. The van der Waals surface area contributed by atoms with E-state index in [9.17, 15) is 9.59 Å². The molecule has 0 saturated heterocycles. The first-order valence-electron chi connectivity index (χ1n) is 7.28. The number of carbonyl (C=O) groups is 2. The Morgan fingerprint density at radius 3 is 2.58 bits per heavy atom. The molecule has 2 amide bonds. The Morgan fingerprint density at radius 2 is 1.92 bits per heavy atom. The van der Waals surface area contributed by atoms with Gasteiger partial charge in [-0.25, -0.2) is 0 Å². The van der Waals surface area contributed by atoms with E-state index in [1.165, 1.54) is 0 Å². The summed E-state index contributed by atoms with van der Waals surface area (Å²) in [6.45, 7) is 1.54. The Labute approximate surface area is 147 Å². The predicted octanol–water partition coefficient (Wildman–Crippen LogP) is 1.69. The van der Waals surface area contributed by atoms with Crippen LogP contribution in [-0.2, 0) is 16.0 Å². The van der Waals surface area contributed by atoms with Crippen molar-refractivity contribution in [2.75, 3.05) is 6.61 Å². The molecule has 24 heavy (non-hydrogen) atoms. The summed E-state index contributed by atoms with van der Waals surface area (Å²) in [6.07, 6.45) is 1.28. The minimum Gasteiger partial charge on any atom is -0.484 e. The van der Waals surface area contributed by atoms with Crippen LogP contribution in [0.1, 0.15) is 24.6 Å². The van der Waals surface area contributed by atoms with Crippen molar-refractivity contribution in [2.24, 2.45) is 0 Å². The standard InChI is InChI=1S/C15H17BrN4O4/c1-10-17-15(24-20-10)4-2-3-13(21)18-19-14(22)9-23-12-7-5-11(16)6-8-12/h5-8H,2-4,9H2,1H3,(H,18,21)(H,19,22). The summed E-state index contributed by atoms with van der Waals surface area (Å²) in [6, 6.07) is 7.07. The molecular weight excluding hydrogens is 380 g/mol. The number of hydrogen-bond donors (Lipinski definition) is 2. The summed E-state index contributed by atoms with van der Waals surface area (Å²) in [5, 5.41) is 3.66. The summed E-state index contributed by atoms with van der Waals surface area (Å²) in [4.78, 5) is 27.3. The molecule has 0 aliphatic rings. The Morgan fingerprint density at radius 1 is 1.21 bits per heavy atom. The van der Waals surface area contributed by atoms with Crippen molar-refractivity contribution in [3.63, 3.8) is 0 Å². The van der Waals surface area contributed by atoms with E-state index in [-0.39, 0.29) is 18.9 Å². The van der Waals surface area contributed by atoms with Gasteiger partial charge in [-0.1, -0.05) is 21.1 Å². The highest BCUT2D eigenvalue weighted by atomic mass is 79.9. The maximum atomic E-state index is 11.6. The molecule has 0 unspecified atom stereocenters. The number of aryl methyl sites for hydroxylation is 2. The molecule has 8 nitrogen and oxygen atoms in total. The van der Waals surface area contributed by atoms with E-state index in [0.717, 1.165) is 4.47 Å². The molecule has 1 aromatic carbocycles. The monoisotopic (exact) mass is 396 g/mol. The highest BCUT2D eigenvalue weighted by Gasteiger charge is 2.08. The van der Waals surface area contributed by atoms with Crippen LogP contribution in [0, 0.1) is 6.92 Å². The van der Waals surface area contributed by atoms with Gasteiger partial charge in [-0.15, -0.1) is 0 Å². The molecule has 0 aliphatic carbocycles. The van der Waals surface area contributed by atoms with Crippen molar-refractivity contribution < 1.29 is 18.8 Å². The Balaban J connectivity index is 1.58. The zero-order valence-corrected chi connectivity index (χ0v) is 14.6. The second-order valence-corrected chi connectivity index (χ2v) is 5.84. The van der Waals surface area contributed by atoms with Gasteiger partial charge in [0.2, 0.25) is 11.8 Å². The molecule has 1 heterocycles. The lowest BCUT2D eigenvalue weighted by molar-refractivity contribution is -0.130. The van der Waals surface area contributed by atoms with Crippen LogP contribution in [0.4, 0.5) is 0 Å². The van der Waals surface area contributed by atoms with Crippen molar-refractivity contribution in [3.05, 3.63) is 40.5 Å². The molecule has 0 spiro atoms. The summed E-state index contributed by atoms with van der Waals surface area (Å²) >= 11 is 3.31. The highest BCUT2D eigenvalue weighted by Crippen LogP contribution is 2.15. The predicted molar refractivity (Wildman–Crippen MR) is 87.9 cm³/mol. The zero-order chi connectivity index (χ0) is 17.4. The van der Waals surface area contributed by atoms with Crippen LogP contribution >= 0.6 is 15.9 Å². The third kappa shape index (κ3) is 6.37. The van der Waals surface area contributed by atoms with Gasteiger partial charge in [-0.3, -0.25) is 20.4 Å². The number of amides is 2. The lowest BCUT2D eigenvalue weighted by Crippen LogP contribution is -2.43. The Hall–Kier alpha value is -2.42. The molecule has 0 atom stereocenters. The Kier molecular flexibility index (Phi) is 6.74. The van der Waals surface area contributed by atoms with Gasteiger partial charge in [-0.05, 0) is 37.6 Å². The molecular formula is C15H17BrN4O4. The van der Waals surface area contributed by atoms with Crippen LogP contribution in [-0.4, -0.2) is 28.6 Å². The van der Waals surface area contributed by atoms with Gasteiger partial charge in [0.15, 0.2) is 12.4 Å². The maximum Gasteiger partial charge on any atom is 0.276 e. The normalized spacial score (nSPS) is 10.2. The fourth-order valence-corrected chi connectivity index (χ4v) is 2.02. The van der Waals surface area contributed by atoms with Gasteiger partial charge in [0.05, 0.1) is 0 Å². The summed E-state index contributed by atoms with van der Waals surface area (Å²) in [5.41, 5.74) is 4.62. The van der Waals surface area contributed by atoms with Crippen molar-refractivity contribution in [2.45, 2.75) is 26.2 Å². The lowest BCUT2D eigenvalue weighted by atomic mass is 10.2. The van der Waals surface area contributed by atoms with Crippen LogP contribution in [0.3, 0.4) is 0 Å². The number of ether oxygens (including phenoxy) is 1. The minimum atomic E-state index is -0.446. The number of nitrogens with zero attached hydrogens (tertiary/aromatic N) is 2. The van der Waals surface area contributed by atoms with E-state index in [1.807, 2.05) is 0 Å². The first kappa shape index (κ1) is 17.9. The molecule has 0 fully saturated rings. The molecule has 1 aromatic heterocycles. The third-order valence-corrected chi connectivity index (χ3v) is 3.42. The molecule has 0 saturated carbocycles. The molecule has 128 valence electrons. The summed E-state index contributed by atoms with van der Waals surface area (Å²) < 4.78 is 11.1. The van der Waals surface area contributed by atoms with E-state index in [2.05, 4.69) is 36.9 Å². The van der Waals surface area contributed by atoms with Crippen LogP contribution in [0.25, 0.3) is 0 Å². The molecule has 2 rings (SSSR count). The molecule has 0 radical (unpaired) electrons. The minimum absolute atomic E-state index is 0.191. The van der Waals surface area contributed by atoms with E-state index in [0.29, 0.717) is 30.3 Å². The van der Waals surface area contributed by atoms with Gasteiger partial charge in [0.25, 0.3) is 5.91 Å². The van der Waals surface area contributed by atoms with Gasteiger partial charge >= 0.3 is 0 Å². The van der Waals surface area contributed by atoms with Crippen LogP contribution in [0.15, 0.2) is 33.3 Å². The maximum absolute atomic E-state index is 11.6. The van der Waals surface area contributed by atoms with Crippen molar-refractivity contribution in [1.29, 1.82) is 0 Å². The summed E-state index contributed by atoms with van der Waals surface area (Å²) in [5.74, 6) is 0.872. The zero-order valence-electron chi connectivity index (χ0n) is 13.0. The second kappa shape index (κ2) is 9.02. The molecule has 0 aliphatic heterocycles. The van der Waals surface area contributed by atoms with Gasteiger partial charge < -0.3 is 9.26 Å². The average molecular weight is 397 g/mol. The van der Waals surface area contributed by atoms with Crippen LogP contribution < -0.4 is 15.6 Å². The number of halogens is 1. The largest absolute Gasteiger partial charge is 0.484 e. The van der Waals surface area contributed by atoms with E-state index in [4.69, 9.17) is 9.26 Å². The van der Waals surface area contributed by atoms with Crippen molar-refractivity contribution >= 4 is 27.7 Å². The van der Waals surface area contributed by atoms with Crippen LogP contribution in [0.2, 0.25) is 0 Å². The van der Waals surface area contributed by atoms with Gasteiger partial charge in [-0.2, -0.15) is 4.98 Å². The number of hydrazine groups is 1. The first-order chi connectivity index (χ1) is 11.5. The number of nitrogens with one attached hydrogen (secondary N) is 2. The fourth-order valence-electron chi connectivity index (χ4n) is 1.76. The molecule has 2 N–H and O–H groups in total. The number of rotatable bonds is 7. The molecule has 9 heteroatoms. The number of aromatic nitrogens is 2. The van der Waals surface area contributed by atoms with E-state index < -0.39 is 5.91 Å². The third-order valence-electron chi connectivity index (χ3n) is 2.89. The van der Waals surface area contributed by atoms with Crippen LogP contribution in [0.5, 0.6) is 5.75 Å². The van der Waals surface area contributed by atoms with Gasteiger partial charge in [0.1, 0.15) is 5.75 Å². The molecule has 2 aromatic rings.